The van der Waals surface area contributed by atoms with Crippen LogP contribution in [0.2, 0.25) is 0 Å². The largest absolute Gasteiger partial charge is 0.463 e. The minimum absolute atomic E-state index is 0.0684. The monoisotopic (exact) mass is 373 g/mol. The number of anilines is 1. The van der Waals surface area contributed by atoms with Crippen LogP contribution in [0.3, 0.4) is 0 Å². The summed E-state index contributed by atoms with van der Waals surface area (Å²) in [7, 11) is 2.12. The molecule has 0 aromatic carbocycles. The lowest BCUT2D eigenvalue weighted by Crippen LogP contribution is -2.31. The van der Waals surface area contributed by atoms with Crippen molar-refractivity contribution in [1.82, 2.24) is 19.5 Å². The number of piperidine rings is 1. The first-order valence-corrected chi connectivity index (χ1v) is 9.68. The molecule has 0 unspecified atom stereocenters. The normalized spacial score (nSPS) is 24.5. The molecule has 2 saturated heterocycles. The predicted molar refractivity (Wildman–Crippen MR) is 100 cm³/mol. The van der Waals surface area contributed by atoms with Gasteiger partial charge in [0, 0.05) is 6.42 Å². The number of carbonyl (C=O) groups excluding carboxylic acids is 1. The molecule has 2 aromatic rings. The van der Waals surface area contributed by atoms with Crippen molar-refractivity contribution in [3.05, 3.63) is 24.2 Å². The quantitative estimate of drug-likeness (QED) is 0.799. The van der Waals surface area contributed by atoms with Crippen molar-refractivity contribution in [2.75, 3.05) is 32.5 Å². The van der Waals surface area contributed by atoms with E-state index in [9.17, 15) is 4.79 Å². The Kier molecular flexibility index (Phi) is 5.27. The van der Waals surface area contributed by atoms with Gasteiger partial charge in [-0.3, -0.25) is 4.79 Å². The molecule has 2 N–H and O–H groups in total. The van der Waals surface area contributed by atoms with Crippen LogP contribution in [0, 0.1) is 5.92 Å². The highest BCUT2D eigenvalue weighted by Gasteiger charge is 2.30. The zero-order chi connectivity index (χ0) is 18.8. The van der Waals surface area contributed by atoms with Gasteiger partial charge in [0.25, 0.3) is 0 Å². The molecular weight excluding hydrogens is 346 g/mol. The first-order valence-electron chi connectivity index (χ1n) is 9.68. The number of carbonyl (C=O) groups is 1. The molecule has 2 aliphatic rings. The Balaban J connectivity index is 1.27. The number of fused-ring (bicyclic) bond motifs is 1. The summed E-state index contributed by atoms with van der Waals surface area (Å²) >= 11 is 0. The van der Waals surface area contributed by atoms with Crippen molar-refractivity contribution < 1.29 is 14.3 Å². The van der Waals surface area contributed by atoms with Crippen molar-refractivity contribution >= 4 is 17.3 Å². The van der Waals surface area contributed by atoms with E-state index in [1.165, 1.54) is 6.33 Å². The lowest BCUT2D eigenvalue weighted by atomic mass is 9.94. The maximum atomic E-state index is 12.1. The summed E-state index contributed by atoms with van der Waals surface area (Å²) in [5.41, 5.74) is 7.63. The zero-order valence-corrected chi connectivity index (χ0v) is 15.7. The highest BCUT2D eigenvalue weighted by Crippen LogP contribution is 2.34. The number of nitrogens with two attached hydrogens (primary N) is 1. The minimum atomic E-state index is -0.106. The lowest BCUT2D eigenvalue weighted by molar-refractivity contribution is -0.149. The Morgan fingerprint density at radius 3 is 2.93 bits per heavy atom. The van der Waals surface area contributed by atoms with Gasteiger partial charge >= 0.3 is 5.97 Å². The van der Waals surface area contributed by atoms with Gasteiger partial charge < -0.3 is 20.1 Å². The van der Waals surface area contributed by atoms with E-state index in [0.717, 1.165) is 50.0 Å². The van der Waals surface area contributed by atoms with Crippen LogP contribution in [0.1, 0.15) is 43.9 Å². The fraction of sp³-hybridized carbons (Fsp3) is 0.632. The second kappa shape index (κ2) is 7.82. The van der Waals surface area contributed by atoms with E-state index in [4.69, 9.17) is 15.2 Å². The third-order valence-electron chi connectivity index (χ3n) is 5.67. The first-order chi connectivity index (χ1) is 13.1. The summed E-state index contributed by atoms with van der Waals surface area (Å²) in [5.74, 6) is 0.794. The zero-order valence-electron chi connectivity index (χ0n) is 15.7. The van der Waals surface area contributed by atoms with Crippen LogP contribution in [-0.2, 0) is 14.3 Å². The smallest absolute Gasteiger partial charge is 0.306 e. The Morgan fingerprint density at radius 1 is 1.30 bits per heavy atom. The molecule has 0 aliphatic carbocycles. The van der Waals surface area contributed by atoms with Crippen LogP contribution in [0.4, 0.5) is 5.82 Å². The predicted octanol–water partition coefficient (Wildman–Crippen LogP) is 1.81. The SMILES string of the molecule is CN1CCC(CC(=O)OC[C@@H]2CC[C@H](c3ccc4c(N)ncnn34)O2)CC1. The number of esters is 1. The van der Waals surface area contributed by atoms with Gasteiger partial charge in [-0.25, -0.2) is 9.50 Å². The molecule has 8 heteroatoms. The number of nitrogens with zero attached hydrogens (tertiary/aromatic N) is 4. The van der Waals surface area contributed by atoms with Crippen molar-refractivity contribution in [2.45, 2.75) is 44.3 Å². The summed E-state index contributed by atoms with van der Waals surface area (Å²) < 4.78 is 13.4. The van der Waals surface area contributed by atoms with Crippen LogP contribution in [0.5, 0.6) is 0 Å². The van der Waals surface area contributed by atoms with E-state index >= 15 is 0 Å². The van der Waals surface area contributed by atoms with Gasteiger partial charge in [-0.15, -0.1) is 0 Å². The molecule has 27 heavy (non-hydrogen) atoms. The second-order valence-electron chi connectivity index (χ2n) is 7.66. The van der Waals surface area contributed by atoms with Gasteiger partial charge in [-0.1, -0.05) is 0 Å². The van der Waals surface area contributed by atoms with Crippen molar-refractivity contribution in [3.8, 4) is 0 Å². The molecule has 4 heterocycles. The highest BCUT2D eigenvalue weighted by atomic mass is 16.6. The summed E-state index contributed by atoms with van der Waals surface area (Å²) in [6.45, 7) is 2.44. The molecular formula is C19H27N5O3. The van der Waals surface area contributed by atoms with E-state index in [0.29, 0.717) is 24.8 Å². The van der Waals surface area contributed by atoms with Crippen LogP contribution in [0.25, 0.3) is 5.52 Å². The Morgan fingerprint density at radius 2 is 2.11 bits per heavy atom. The third kappa shape index (κ3) is 4.06. The Labute approximate surface area is 158 Å². The van der Waals surface area contributed by atoms with Crippen molar-refractivity contribution in [1.29, 1.82) is 0 Å². The molecule has 2 aliphatic heterocycles. The molecule has 2 aromatic heterocycles. The number of likely N-dealkylation sites (tertiary alicyclic amines) is 1. The molecule has 4 rings (SSSR count). The Bertz CT molecular complexity index is 800. The van der Waals surface area contributed by atoms with Crippen LogP contribution in [-0.4, -0.2) is 58.3 Å². The van der Waals surface area contributed by atoms with Crippen LogP contribution in [0.15, 0.2) is 18.5 Å². The number of hydrogen-bond donors (Lipinski definition) is 1. The summed E-state index contributed by atoms with van der Waals surface area (Å²) in [6.07, 6.45) is 5.69. The van der Waals surface area contributed by atoms with Crippen LogP contribution >= 0.6 is 0 Å². The second-order valence-corrected chi connectivity index (χ2v) is 7.66. The van der Waals surface area contributed by atoms with E-state index in [1.54, 1.807) is 4.52 Å². The Hall–Kier alpha value is -2.19. The maximum Gasteiger partial charge on any atom is 0.306 e. The number of hydrogen-bond acceptors (Lipinski definition) is 7. The molecule has 0 bridgehead atoms. The van der Waals surface area contributed by atoms with Gasteiger partial charge in [0.2, 0.25) is 0 Å². The minimum Gasteiger partial charge on any atom is -0.463 e. The molecule has 2 atom stereocenters. The topological polar surface area (TPSA) is 95.0 Å². The van der Waals surface area contributed by atoms with E-state index < -0.39 is 0 Å². The van der Waals surface area contributed by atoms with Crippen molar-refractivity contribution in [3.63, 3.8) is 0 Å². The fourth-order valence-electron chi connectivity index (χ4n) is 4.01. The molecule has 0 amide bonds. The highest BCUT2D eigenvalue weighted by molar-refractivity contribution is 5.69. The van der Waals surface area contributed by atoms with Gasteiger partial charge in [0.05, 0.1) is 11.8 Å². The summed E-state index contributed by atoms with van der Waals surface area (Å²) in [6, 6.07) is 3.88. The standard InChI is InChI=1S/C19H27N5O3/c1-23-8-6-13(7-9-23)10-18(25)26-11-14-2-5-17(27-14)15-3-4-16-19(20)21-12-22-24(15)16/h3-4,12-14,17H,2,5-11H2,1H3,(H2,20,21,22)/t14-,17+/m0/s1. The average molecular weight is 373 g/mol. The number of nitrogen functional groups attached to an aromatic ring is 1. The molecule has 0 radical (unpaired) electrons. The van der Waals surface area contributed by atoms with Crippen molar-refractivity contribution in [2.24, 2.45) is 5.92 Å². The van der Waals surface area contributed by atoms with Gasteiger partial charge in [-0.05, 0) is 63.9 Å². The average Bonchev–Trinajstić information content (AvgIpc) is 3.29. The molecule has 2 fully saturated rings. The van der Waals surface area contributed by atoms with Gasteiger partial charge in [-0.2, -0.15) is 5.10 Å². The van der Waals surface area contributed by atoms with Gasteiger partial charge in [0.15, 0.2) is 5.82 Å². The van der Waals surface area contributed by atoms with E-state index in [-0.39, 0.29) is 18.2 Å². The maximum absolute atomic E-state index is 12.1. The fourth-order valence-corrected chi connectivity index (χ4v) is 4.01. The van der Waals surface area contributed by atoms with E-state index in [2.05, 4.69) is 22.0 Å². The number of ether oxygens (including phenoxy) is 2. The summed E-state index contributed by atoms with van der Waals surface area (Å²) in [5, 5.41) is 4.27. The molecule has 0 saturated carbocycles. The molecule has 146 valence electrons. The number of rotatable bonds is 5. The molecule has 8 nitrogen and oxygen atoms in total. The summed E-state index contributed by atoms with van der Waals surface area (Å²) in [4.78, 5) is 18.5. The molecule has 0 spiro atoms. The third-order valence-corrected chi connectivity index (χ3v) is 5.67. The lowest BCUT2D eigenvalue weighted by Gasteiger charge is -2.28. The van der Waals surface area contributed by atoms with E-state index in [1.807, 2.05) is 12.1 Å². The first kappa shape index (κ1) is 18.2. The van der Waals surface area contributed by atoms with Crippen LogP contribution < -0.4 is 5.73 Å². The van der Waals surface area contributed by atoms with Gasteiger partial charge in [0.1, 0.15) is 24.6 Å². The number of aromatic nitrogens is 3.